The summed E-state index contributed by atoms with van der Waals surface area (Å²) in [5.41, 5.74) is 2.50. The fourth-order valence-corrected chi connectivity index (χ4v) is 3.98. The molecule has 0 aliphatic rings. The summed E-state index contributed by atoms with van der Waals surface area (Å²) >= 11 is 13.2. The minimum absolute atomic E-state index is 0.241. The van der Waals surface area contributed by atoms with Gasteiger partial charge in [-0.05, 0) is 62.7 Å². The summed E-state index contributed by atoms with van der Waals surface area (Å²) in [5, 5.41) is 4.95. The first kappa shape index (κ1) is 24.9. The van der Waals surface area contributed by atoms with Gasteiger partial charge in [-0.3, -0.25) is 4.79 Å². The van der Waals surface area contributed by atoms with Crippen molar-refractivity contribution in [1.29, 1.82) is 0 Å². The summed E-state index contributed by atoms with van der Waals surface area (Å²) < 4.78 is 17.0. The quantitative estimate of drug-likeness (QED) is 0.218. The largest absolute Gasteiger partial charge is 0.490 e. The fraction of sp³-hybridized carbons (Fsp3) is 0.208. The first-order valence-corrected chi connectivity index (χ1v) is 11.8. The number of hydrogen-bond donors (Lipinski definition) is 0. The number of nitrogens with zero attached hydrogens (tertiary/aromatic N) is 3. The Bertz CT molecular complexity index is 1160. The lowest BCUT2D eigenvalue weighted by molar-refractivity contribution is 0.101. The van der Waals surface area contributed by atoms with E-state index in [-0.39, 0.29) is 16.5 Å². The van der Waals surface area contributed by atoms with Crippen LogP contribution in [0.4, 0.5) is 11.4 Å². The second-order valence-corrected chi connectivity index (χ2v) is 8.31. The number of hydrogen-bond acceptors (Lipinski definition) is 6. The lowest BCUT2D eigenvalue weighted by Crippen LogP contribution is -2.23. The number of rotatable bonds is 9. The zero-order valence-corrected chi connectivity index (χ0v) is 20.7. The summed E-state index contributed by atoms with van der Waals surface area (Å²) in [7, 11) is 0. The molecule has 0 radical (unpaired) electrons. The number of benzene rings is 3. The number of carbonyl (C=O) groups excluding carboxylic acids is 1. The lowest BCUT2D eigenvalue weighted by Gasteiger charge is -2.21. The van der Waals surface area contributed by atoms with Crippen molar-refractivity contribution in [2.75, 3.05) is 17.5 Å². The molecule has 0 spiro atoms. The van der Waals surface area contributed by atoms with Crippen LogP contribution in [-0.2, 0) is 0 Å². The molecular weight excluding hydrogens is 481 g/mol. The molecule has 0 saturated heterocycles. The number of carbonyl (C=O) groups is 1. The van der Waals surface area contributed by atoms with Crippen LogP contribution in [0.5, 0.6) is 11.5 Å². The SMILES string of the molecule is CCOc1ccc(N(SN=Nc2ccccc2C)C(=O)c2ccc(Cl)cc2Cl)cc1OCC. The molecule has 172 valence electrons. The van der Waals surface area contributed by atoms with Crippen LogP contribution in [0.15, 0.2) is 70.3 Å². The Morgan fingerprint density at radius 3 is 2.39 bits per heavy atom. The van der Waals surface area contributed by atoms with E-state index in [1.54, 1.807) is 30.3 Å². The average molecular weight is 504 g/mol. The van der Waals surface area contributed by atoms with Gasteiger partial charge in [0.05, 0.1) is 35.2 Å². The number of halogens is 2. The molecular formula is C24H23Cl2N3O3S. The molecule has 0 heterocycles. The van der Waals surface area contributed by atoms with E-state index in [0.29, 0.717) is 41.1 Å². The first-order chi connectivity index (χ1) is 15.9. The van der Waals surface area contributed by atoms with Crippen molar-refractivity contribution in [3.8, 4) is 11.5 Å². The van der Waals surface area contributed by atoms with Gasteiger partial charge in [-0.25, -0.2) is 4.31 Å². The number of anilines is 1. The van der Waals surface area contributed by atoms with Crippen molar-refractivity contribution in [3.63, 3.8) is 0 Å². The second kappa shape index (κ2) is 11.9. The lowest BCUT2D eigenvalue weighted by atomic mass is 10.2. The number of amides is 1. The third-order valence-electron chi connectivity index (χ3n) is 4.49. The maximum Gasteiger partial charge on any atom is 0.271 e. The highest BCUT2D eigenvalue weighted by Crippen LogP contribution is 2.37. The Morgan fingerprint density at radius 2 is 1.70 bits per heavy atom. The molecule has 1 amide bonds. The van der Waals surface area contributed by atoms with Crippen molar-refractivity contribution in [1.82, 2.24) is 0 Å². The fourth-order valence-electron chi connectivity index (χ4n) is 2.91. The summed E-state index contributed by atoms with van der Waals surface area (Å²) in [6.07, 6.45) is 0. The zero-order chi connectivity index (χ0) is 23.8. The Balaban J connectivity index is 2.00. The third-order valence-corrected chi connectivity index (χ3v) is 5.73. The van der Waals surface area contributed by atoms with Gasteiger partial charge >= 0.3 is 0 Å². The minimum atomic E-state index is -0.378. The first-order valence-electron chi connectivity index (χ1n) is 10.3. The average Bonchev–Trinajstić information content (AvgIpc) is 2.79. The normalized spacial score (nSPS) is 10.9. The van der Waals surface area contributed by atoms with Gasteiger partial charge in [0.2, 0.25) is 0 Å². The summed E-state index contributed by atoms with van der Waals surface area (Å²) in [6, 6.07) is 17.6. The van der Waals surface area contributed by atoms with Gasteiger partial charge in [0, 0.05) is 11.1 Å². The van der Waals surface area contributed by atoms with Crippen molar-refractivity contribution in [3.05, 3.63) is 81.8 Å². The molecule has 0 N–H and O–H groups in total. The summed E-state index contributed by atoms with van der Waals surface area (Å²) in [5.74, 6) is 0.733. The zero-order valence-electron chi connectivity index (χ0n) is 18.4. The monoisotopic (exact) mass is 503 g/mol. The molecule has 0 aromatic heterocycles. The smallest absolute Gasteiger partial charge is 0.271 e. The van der Waals surface area contributed by atoms with Crippen molar-refractivity contribution in [2.45, 2.75) is 20.8 Å². The van der Waals surface area contributed by atoms with Crippen LogP contribution in [0.25, 0.3) is 0 Å². The molecule has 0 aliphatic heterocycles. The van der Waals surface area contributed by atoms with Crippen LogP contribution in [0, 0.1) is 6.92 Å². The van der Waals surface area contributed by atoms with Crippen LogP contribution in [0.3, 0.4) is 0 Å². The van der Waals surface area contributed by atoms with E-state index in [2.05, 4.69) is 9.63 Å². The van der Waals surface area contributed by atoms with Crippen molar-refractivity contribution >= 4 is 52.6 Å². The molecule has 0 aliphatic carbocycles. The van der Waals surface area contributed by atoms with Gasteiger partial charge in [0.1, 0.15) is 12.1 Å². The van der Waals surface area contributed by atoms with Crippen LogP contribution in [0.1, 0.15) is 29.8 Å². The number of ether oxygens (including phenoxy) is 2. The van der Waals surface area contributed by atoms with Crippen LogP contribution in [0.2, 0.25) is 10.0 Å². The molecule has 3 aromatic rings. The third kappa shape index (κ3) is 6.41. The highest BCUT2D eigenvalue weighted by molar-refractivity contribution is 8.00. The van der Waals surface area contributed by atoms with E-state index in [4.69, 9.17) is 32.7 Å². The molecule has 6 nitrogen and oxygen atoms in total. The van der Waals surface area contributed by atoms with Gasteiger partial charge in [-0.15, -0.1) is 5.11 Å². The van der Waals surface area contributed by atoms with Gasteiger partial charge in [-0.2, -0.15) is 0 Å². The Hall–Kier alpha value is -2.74. The maximum atomic E-state index is 13.5. The summed E-state index contributed by atoms with van der Waals surface area (Å²) in [6.45, 7) is 6.65. The molecule has 0 bridgehead atoms. The molecule has 9 heteroatoms. The van der Waals surface area contributed by atoms with Gasteiger partial charge in [0.15, 0.2) is 11.5 Å². The van der Waals surface area contributed by atoms with E-state index in [9.17, 15) is 4.79 Å². The molecule has 3 rings (SSSR count). The van der Waals surface area contributed by atoms with Crippen molar-refractivity contribution < 1.29 is 14.3 Å². The summed E-state index contributed by atoms with van der Waals surface area (Å²) in [4.78, 5) is 13.5. The van der Waals surface area contributed by atoms with Gasteiger partial charge in [-0.1, -0.05) is 45.9 Å². The van der Waals surface area contributed by atoms with E-state index in [0.717, 1.165) is 17.7 Å². The van der Waals surface area contributed by atoms with Crippen LogP contribution < -0.4 is 13.8 Å². The second-order valence-electron chi connectivity index (χ2n) is 6.77. The van der Waals surface area contributed by atoms with E-state index in [1.165, 1.54) is 10.4 Å². The minimum Gasteiger partial charge on any atom is -0.490 e. The molecule has 0 saturated carbocycles. The topological polar surface area (TPSA) is 63.5 Å². The van der Waals surface area contributed by atoms with E-state index < -0.39 is 0 Å². The van der Waals surface area contributed by atoms with Gasteiger partial charge < -0.3 is 9.47 Å². The van der Waals surface area contributed by atoms with Gasteiger partial charge in [0.25, 0.3) is 5.91 Å². The molecule has 33 heavy (non-hydrogen) atoms. The standard InChI is InChI=1S/C24H23Cl2N3O3S/c1-4-31-22-13-11-18(15-23(22)32-5-2)29(24(30)19-12-10-17(25)14-20(19)26)33-28-27-21-9-7-6-8-16(21)3/h6-15H,4-5H2,1-3H3. The van der Waals surface area contributed by atoms with Crippen molar-refractivity contribution in [2.24, 2.45) is 9.63 Å². The Morgan fingerprint density at radius 1 is 0.970 bits per heavy atom. The Kier molecular flexibility index (Phi) is 9.00. The molecule has 3 aromatic carbocycles. The highest BCUT2D eigenvalue weighted by atomic mass is 35.5. The highest BCUT2D eigenvalue weighted by Gasteiger charge is 2.23. The predicted molar refractivity (Wildman–Crippen MR) is 135 cm³/mol. The Labute approximate surface area is 207 Å². The van der Waals surface area contributed by atoms with E-state index in [1.807, 2.05) is 45.0 Å². The molecule has 0 atom stereocenters. The van der Waals surface area contributed by atoms with Crippen LogP contribution >= 0.6 is 35.3 Å². The molecule has 0 unspecified atom stereocenters. The van der Waals surface area contributed by atoms with E-state index >= 15 is 0 Å². The molecule has 0 fully saturated rings. The van der Waals surface area contributed by atoms with Crippen LogP contribution in [-0.4, -0.2) is 19.1 Å². The predicted octanol–water partition coefficient (Wildman–Crippen LogP) is 8.09. The number of aryl methyl sites for hydroxylation is 1. The maximum absolute atomic E-state index is 13.5.